The van der Waals surface area contributed by atoms with Crippen LogP contribution in [0.25, 0.3) is 0 Å². The minimum atomic E-state index is 0.671. The third kappa shape index (κ3) is 5.28. The highest BCUT2D eigenvalue weighted by Gasteiger charge is 2.15. The first-order chi connectivity index (χ1) is 7.76. The van der Waals surface area contributed by atoms with Crippen molar-refractivity contribution in [3.63, 3.8) is 0 Å². The molecule has 1 rings (SSSR count). The molecule has 1 N–H and O–H groups in total. The fourth-order valence-electron chi connectivity index (χ4n) is 2.20. The van der Waals surface area contributed by atoms with Crippen molar-refractivity contribution < 1.29 is 0 Å². The van der Waals surface area contributed by atoms with E-state index in [2.05, 4.69) is 35.9 Å². The summed E-state index contributed by atoms with van der Waals surface area (Å²) in [6.07, 6.45) is 2.52. The van der Waals surface area contributed by atoms with Crippen LogP contribution in [-0.2, 0) is 0 Å². The predicted molar refractivity (Wildman–Crippen MR) is 70.9 cm³/mol. The number of piperazine rings is 1. The lowest BCUT2D eigenvalue weighted by Gasteiger charge is -2.34. The maximum atomic E-state index is 3.55. The molecule has 0 aromatic carbocycles. The zero-order valence-corrected chi connectivity index (χ0v) is 11.3. The topological polar surface area (TPSA) is 18.5 Å². The van der Waals surface area contributed by atoms with Crippen LogP contribution in [0.15, 0.2) is 0 Å². The van der Waals surface area contributed by atoms with E-state index in [0.717, 1.165) is 6.54 Å². The summed E-state index contributed by atoms with van der Waals surface area (Å²) in [6.45, 7) is 15.4. The summed E-state index contributed by atoms with van der Waals surface area (Å²) in [5.41, 5.74) is 0. The molecule has 0 radical (unpaired) electrons. The molecule has 3 heteroatoms. The molecular weight excluding hydrogens is 198 g/mol. The molecule has 1 heterocycles. The van der Waals surface area contributed by atoms with E-state index in [0.29, 0.717) is 6.04 Å². The van der Waals surface area contributed by atoms with Gasteiger partial charge in [0.05, 0.1) is 0 Å². The van der Waals surface area contributed by atoms with Crippen molar-refractivity contribution in [3.8, 4) is 0 Å². The van der Waals surface area contributed by atoms with E-state index in [-0.39, 0.29) is 0 Å². The smallest absolute Gasteiger partial charge is 0.0110 e. The largest absolute Gasteiger partial charge is 0.314 e. The quantitative estimate of drug-likeness (QED) is 0.709. The van der Waals surface area contributed by atoms with Crippen molar-refractivity contribution in [2.45, 2.75) is 39.7 Å². The first kappa shape index (κ1) is 13.9. The first-order valence-electron chi connectivity index (χ1n) is 6.94. The molecule has 1 unspecified atom stereocenters. The minimum absolute atomic E-state index is 0.671. The molecule has 0 aliphatic carbocycles. The van der Waals surface area contributed by atoms with Crippen molar-refractivity contribution in [2.75, 3.05) is 45.8 Å². The highest BCUT2D eigenvalue weighted by molar-refractivity contribution is 4.72. The Bertz CT molecular complexity index is 165. The zero-order valence-electron chi connectivity index (χ0n) is 11.3. The third-order valence-electron chi connectivity index (χ3n) is 3.53. The number of hydrogen-bond acceptors (Lipinski definition) is 3. The summed E-state index contributed by atoms with van der Waals surface area (Å²) in [7, 11) is 0. The van der Waals surface area contributed by atoms with Crippen LogP contribution in [0.5, 0.6) is 0 Å². The van der Waals surface area contributed by atoms with E-state index in [9.17, 15) is 0 Å². The Hall–Kier alpha value is -0.120. The molecule has 1 fully saturated rings. The first-order valence-corrected chi connectivity index (χ1v) is 6.94. The van der Waals surface area contributed by atoms with Gasteiger partial charge in [-0.25, -0.2) is 0 Å². The van der Waals surface area contributed by atoms with E-state index in [1.165, 1.54) is 52.1 Å². The van der Waals surface area contributed by atoms with Crippen LogP contribution in [-0.4, -0.2) is 61.7 Å². The Morgan fingerprint density at radius 3 is 2.25 bits per heavy atom. The van der Waals surface area contributed by atoms with Crippen LogP contribution in [0, 0.1) is 0 Å². The molecule has 0 amide bonds. The Morgan fingerprint density at radius 1 is 1.06 bits per heavy atom. The Morgan fingerprint density at radius 2 is 1.69 bits per heavy atom. The number of likely N-dealkylation sites (N-methyl/N-ethyl adjacent to an activating group) is 1. The van der Waals surface area contributed by atoms with Crippen LogP contribution in [0.4, 0.5) is 0 Å². The van der Waals surface area contributed by atoms with Gasteiger partial charge in [-0.1, -0.05) is 13.8 Å². The predicted octanol–water partition coefficient (Wildman–Crippen LogP) is 1.40. The number of nitrogens with one attached hydrogen (secondary N) is 1. The van der Waals surface area contributed by atoms with Gasteiger partial charge < -0.3 is 15.1 Å². The van der Waals surface area contributed by atoms with Gasteiger partial charge in [0.2, 0.25) is 0 Å². The van der Waals surface area contributed by atoms with Crippen LogP contribution in [0.3, 0.4) is 0 Å². The average Bonchev–Trinajstić information content (AvgIpc) is 2.34. The van der Waals surface area contributed by atoms with Gasteiger partial charge in [-0.05, 0) is 39.4 Å². The summed E-state index contributed by atoms with van der Waals surface area (Å²) in [5.74, 6) is 0. The molecule has 1 aliphatic heterocycles. The van der Waals surface area contributed by atoms with E-state index >= 15 is 0 Å². The van der Waals surface area contributed by atoms with Crippen molar-refractivity contribution in [1.82, 2.24) is 15.1 Å². The molecule has 0 bridgehead atoms. The van der Waals surface area contributed by atoms with E-state index < -0.39 is 0 Å². The minimum Gasteiger partial charge on any atom is -0.314 e. The number of rotatable bonds is 7. The Labute approximate surface area is 101 Å². The molecule has 96 valence electrons. The molecule has 0 aromatic heterocycles. The second-order valence-electron chi connectivity index (χ2n) is 4.92. The summed E-state index contributed by atoms with van der Waals surface area (Å²) >= 11 is 0. The molecular formula is C13H29N3. The van der Waals surface area contributed by atoms with Crippen LogP contribution in [0.2, 0.25) is 0 Å². The standard InChI is InChI=1S/C13H29N3/c1-4-7-14-13(3)6-8-16-11-9-15(5-2)10-12-16/h13-14H,4-12H2,1-3H3. The van der Waals surface area contributed by atoms with Crippen molar-refractivity contribution in [1.29, 1.82) is 0 Å². The van der Waals surface area contributed by atoms with E-state index in [1.54, 1.807) is 0 Å². The summed E-state index contributed by atoms with van der Waals surface area (Å²) in [5, 5.41) is 3.55. The highest BCUT2D eigenvalue weighted by Crippen LogP contribution is 2.03. The summed E-state index contributed by atoms with van der Waals surface area (Å²) in [4.78, 5) is 5.14. The average molecular weight is 227 g/mol. The SMILES string of the molecule is CCCNC(C)CCN1CCN(CC)CC1. The zero-order chi connectivity index (χ0) is 11.8. The third-order valence-corrected chi connectivity index (χ3v) is 3.53. The second-order valence-corrected chi connectivity index (χ2v) is 4.92. The highest BCUT2D eigenvalue weighted by atomic mass is 15.3. The van der Waals surface area contributed by atoms with Gasteiger partial charge in [-0.3, -0.25) is 0 Å². The normalized spacial score (nSPS) is 21.2. The van der Waals surface area contributed by atoms with Gasteiger partial charge in [-0.2, -0.15) is 0 Å². The van der Waals surface area contributed by atoms with Gasteiger partial charge in [-0.15, -0.1) is 0 Å². The molecule has 16 heavy (non-hydrogen) atoms. The van der Waals surface area contributed by atoms with E-state index in [1.807, 2.05) is 0 Å². The molecule has 1 aliphatic rings. The van der Waals surface area contributed by atoms with Crippen LogP contribution in [0.1, 0.15) is 33.6 Å². The van der Waals surface area contributed by atoms with Crippen molar-refractivity contribution in [3.05, 3.63) is 0 Å². The Balaban J connectivity index is 2.05. The molecule has 0 aromatic rings. The van der Waals surface area contributed by atoms with E-state index in [4.69, 9.17) is 0 Å². The molecule has 3 nitrogen and oxygen atoms in total. The molecule has 1 saturated heterocycles. The lowest BCUT2D eigenvalue weighted by Crippen LogP contribution is -2.47. The van der Waals surface area contributed by atoms with Crippen LogP contribution < -0.4 is 5.32 Å². The molecule has 1 atom stereocenters. The number of nitrogens with zero attached hydrogens (tertiary/aromatic N) is 2. The van der Waals surface area contributed by atoms with Gasteiger partial charge in [0.1, 0.15) is 0 Å². The monoisotopic (exact) mass is 227 g/mol. The van der Waals surface area contributed by atoms with Crippen molar-refractivity contribution in [2.24, 2.45) is 0 Å². The van der Waals surface area contributed by atoms with Gasteiger partial charge in [0.15, 0.2) is 0 Å². The fourth-order valence-corrected chi connectivity index (χ4v) is 2.20. The molecule has 0 saturated carbocycles. The fraction of sp³-hybridized carbons (Fsp3) is 1.00. The molecule has 0 spiro atoms. The lowest BCUT2D eigenvalue weighted by molar-refractivity contribution is 0.133. The van der Waals surface area contributed by atoms with Crippen LogP contribution >= 0.6 is 0 Å². The van der Waals surface area contributed by atoms with Crippen molar-refractivity contribution >= 4 is 0 Å². The summed E-state index contributed by atoms with van der Waals surface area (Å²) < 4.78 is 0. The van der Waals surface area contributed by atoms with Gasteiger partial charge in [0, 0.05) is 32.2 Å². The van der Waals surface area contributed by atoms with Gasteiger partial charge in [0.25, 0.3) is 0 Å². The Kier molecular flexibility index (Phi) is 7.01. The number of hydrogen-bond donors (Lipinski definition) is 1. The second kappa shape index (κ2) is 8.04. The summed E-state index contributed by atoms with van der Waals surface area (Å²) in [6, 6.07) is 0.671. The lowest BCUT2D eigenvalue weighted by atomic mass is 10.2. The maximum Gasteiger partial charge on any atom is 0.0110 e. The van der Waals surface area contributed by atoms with Gasteiger partial charge >= 0.3 is 0 Å². The maximum absolute atomic E-state index is 3.55.